The number of nitrogens with zero attached hydrogens (tertiary/aromatic N) is 1. The minimum absolute atomic E-state index is 0.0124. The molecule has 2 atom stereocenters. The van der Waals surface area contributed by atoms with Crippen molar-refractivity contribution < 1.29 is 14.4 Å². The third kappa shape index (κ3) is 4.33. The Hall–Kier alpha value is -1.85. The SMILES string of the molecule is CCC(NC(=O)CC(O)c1ccc(Cl)cc1)c1c(C)noc1C. The maximum Gasteiger partial charge on any atom is 0.223 e. The van der Waals surface area contributed by atoms with E-state index in [0.29, 0.717) is 22.8 Å². The van der Waals surface area contributed by atoms with Gasteiger partial charge in [-0.05, 0) is 38.0 Å². The van der Waals surface area contributed by atoms with E-state index in [1.54, 1.807) is 24.3 Å². The summed E-state index contributed by atoms with van der Waals surface area (Å²) in [5, 5.41) is 17.6. The van der Waals surface area contributed by atoms with Crippen LogP contribution < -0.4 is 5.32 Å². The first-order chi connectivity index (χ1) is 10.9. The molecule has 0 saturated heterocycles. The Kier molecular flexibility index (Phi) is 5.80. The van der Waals surface area contributed by atoms with Gasteiger partial charge in [-0.1, -0.05) is 35.8 Å². The van der Waals surface area contributed by atoms with Gasteiger partial charge in [0.05, 0.1) is 24.3 Å². The molecule has 0 aliphatic rings. The van der Waals surface area contributed by atoms with Crippen LogP contribution in [0.3, 0.4) is 0 Å². The lowest BCUT2D eigenvalue weighted by atomic mass is 10.0. The van der Waals surface area contributed by atoms with Gasteiger partial charge in [0.25, 0.3) is 0 Å². The van der Waals surface area contributed by atoms with Gasteiger partial charge in [0.2, 0.25) is 5.91 Å². The fraction of sp³-hybridized carbons (Fsp3) is 0.412. The highest BCUT2D eigenvalue weighted by Gasteiger charge is 2.22. The van der Waals surface area contributed by atoms with Gasteiger partial charge < -0.3 is 14.9 Å². The van der Waals surface area contributed by atoms with Gasteiger partial charge in [-0.2, -0.15) is 0 Å². The van der Waals surface area contributed by atoms with Crippen molar-refractivity contribution in [1.82, 2.24) is 10.5 Å². The molecule has 5 nitrogen and oxygen atoms in total. The zero-order valence-corrected chi connectivity index (χ0v) is 14.2. The van der Waals surface area contributed by atoms with Gasteiger partial charge in [-0.3, -0.25) is 4.79 Å². The predicted molar refractivity (Wildman–Crippen MR) is 88.2 cm³/mol. The van der Waals surface area contributed by atoms with E-state index in [0.717, 1.165) is 11.3 Å². The molecule has 2 rings (SSSR count). The zero-order chi connectivity index (χ0) is 17.0. The highest BCUT2D eigenvalue weighted by Crippen LogP contribution is 2.25. The van der Waals surface area contributed by atoms with Crippen molar-refractivity contribution in [2.45, 2.75) is 45.8 Å². The molecule has 2 unspecified atom stereocenters. The quantitative estimate of drug-likeness (QED) is 0.844. The molecule has 124 valence electrons. The van der Waals surface area contributed by atoms with Crippen LogP contribution in [0.15, 0.2) is 28.8 Å². The first kappa shape index (κ1) is 17.5. The summed E-state index contributed by atoms with van der Waals surface area (Å²) in [6.45, 7) is 5.66. The molecular weight excluding hydrogens is 316 g/mol. The van der Waals surface area contributed by atoms with Gasteiger partial charge in [0.1, 0.15) is 5.76 Å². The van der Waals surface area contributed by atoms with Crippen LogP contribution in [0.4, 0.5) is 0 Å². The molecule has 6 heteroatoms. The lowest BCUT2D eigenvalue weighted by molar-refractivity contribution is -0.123. The number of hydrogen-bond acceptors (Lipinski definition) is 4. The molecule has 2 N–H and O–H groups in total. The number of rotatable bonds is 6. The smallest absolute Gasteiger partial charge is 0.223 e. The number of aliphatic hydroxyl groups is 1. The Morgan fingerprint density at radius 3 is 2.52 bits per heavy atom. The minimum atomic E-state index is -0.866. The lowest BCUT2D eigenvalue weighted by Gasteiger charge is -2.18. The average molecular weight is 337 g/mol. The van der Waals surface area contributed by atoms with E-state index in [9.17, 15) is 9.90 Å². The van der Waals surface area contributed by atoms with E-state index in [1.165, 1.54) is 0 Å². The normalized spacial score (nSPS) is 13.6. The Morgan fingerprint density at radius 1 is 1.35 bits per heavy atom. The molecule has 1 aromatic heterocycles. The second kappa shape index (κ2) is 7.62. The predicted octanol–water partition coefficient (Wildman–Crippen LogP) is 3.64. The second-order valence-corrected chi connectivity index (χ2v) is 5.97. The number of carbonyl (C=O) groups excluding carboxylic acids is 1. The van der Waals surface area contributed by atoms with Crippen LogP contribution in [0.2, 0.25) is 5.02 Å². The van der Waals surface area contributed by atoms with E-state index in [1.807, 2.05) is 20.8 Å². The summed E-state index contributed by atoms with van der Waals surface area (Å²) in [6, 6.07) is 6.64. The monoisotopic (exact) mass is 336 g/mol. The third-order valence-corrected chi connectivity index (χ3v) is 4.07. The van der Waals surface area contributed by atoms with Crippen LogP contribution in [-0.4, -0.2) is 16.2 Å². The van der Waals surface area contributed by atoms with Gasteiger partial charge in [0.15, 0.2) is 0 Å². The molecule has 0 bridgehead atoms. The maximum absolute atomic E-state index is 12.2. The first-order valence-electron chi connectivity index (χ1n) is 7.58. The Balaban J connectivity index is 2.01. The number of aromatic nitrogens is 1. The van der Waals surface area contributed by atoms with E-state index in [2.05, 4.69) is 10.5 Å². The Labute approximate surface area is 140 Å². The van der Waals surface area contributed by atoms with E-state index in [4.69, 9.17) is 16.1 Å². The minimum Gasteiger partial charge on any atom is -0.388 e. The first-order valence-corrected chi connectivity index (χ1v) is 7.95. The number of carbonyl (C=O) groups is 1. The molecule has 1 aromatic carbocycles. The fourth-order valence-corrected chi connectivity index (χ4v) is 2.72. The molecular formula is C17H21ClN2O3. The van der Waals surface area contributed by atoms with Crippen molar-refractivity contribution >= 4 is 17.5 Å². The zero-order valence-electron chi connectivity index (χ0n) is 13.5. The number of benzene rings is 1. The van der Waals surface area contributed by atoms with Crippen LogP contribution in [0.1, 0.15) is 54.5 Å². The summed E-state index contributed by atoms with van der Waals surface area (Å²) in [6.07, 6.45) is -0.165. The third-order valence-electron chi connectivity index (χ3n) is 3.81. The number of halogens is 1. The van der Waals surface area contributed by atoms with Gasteiger partial charge in [-0.15, -0.1) is 0 Å². The van der Waals surface area contributed by atoms with Crippen molar-refractivity contribution in [3.8, 4) is 0 Å². The highest BCUT2D eigenvalue weighted by molar-refractivity contribution is 6.30. The maximum atomic E-state index is 12.2. The van der Waals surface area contributed by atoms with E-state index >= 15 is 0 Å². The lowest BCUT2D eigenvalue weighted by Crippen LogP contribution is -2.29. The van der Waals surface area contributed by atoms with Crippen molar-refractivity contribution in [2.24, 2.45) is 0 Å². The van der Waals surface area contributed by atoms with Crippen molar-refractivity contribution in [3.05, 3.63) is 51.9 Å². The van der Waals surface area contributed by atoms with Gasteiger partial charge in [0, 0.05) is 10.6 Å². The van der Waals surface area contributed by atoms with Crippen LogP contribution in [-0.2, 0) is 4.79 Å². The molecule has 0 aliphatic carbocycles. The van der Waals surface area contributed by atoms with Crippen LogP contribution in [0.25, 0.3) is 0 Å². The van der Waals surface area contributed by atoms with Crippen molar-refractivity contribution in [2.75, 3.05) is 0 Å². The Morgan fingerprint density at radius 2 is 2.00 bits per heavy atom. The molecule has 2 aromatic rings. The molecule has 0 spiro atoms. The summed E-state index contributed by atoms with van der Waals surface area (Å²) in [5.74, 6) is 0.479. The second-order valence-electron chi connectivity index (χ2n) is 5.54. The Bertz CT molecular complexity index is 647. The van der Waals surface area contributed by atoms with Crippen LogP contribution >= 0.6 is 11.6 Å². The molecule has 0 saturated carbocycles. The molecule has 1 heterocycles. The topological polar surface area (TPSA) is 75.4 Å². The standard InChI is InChI=1S/C17H21ClN2O3/c1-4-14(17-10(2)20-23-11(17)3)19-16(22)9-15(21)12-5-7-13(18)8-6-12/h5-8,14-15,21H,4,9H2,1-3H3,(H,19,22). The van der Waals surface area contributed by atoms with E-state index in [-0.39, 0.29) is 18.4 Å². The average Bonchev–Trinajstić information content (AvgIpc) is 2.84. The fourth-order valence-electron chi connectivity index (χ4n) is 2.60. The molecule has 23 heavy (non-hydrogen) atoms. The van der Waals surface area contributed by atoms with Crippen LogP contribution in [0.5, 0.6) is 0 Å². The molecule has 0 fully saturated rings. The number of aliphatic hydroxyl groups excluding tert-OH is 1. The molecule has 1 amide bonds. The van der Waals surface area contributed by atoms with E-state index < -0.39 is 6.10 Å². The largest absolute Gasteiger partial charge is 0.388 e. The van der Waals surface area contributed by atoms with Crippen LogP contribution in [0, 0.1) is 13.8 Å². The summed E-state index contributed by atoms with van der Waals surface area (Å²) >= 11 is 5.82. The van der Waals surface area contributed by atoms with Crippen molar-refractivity contribution in [3.63, 3.8) is 0 Å². The summed E-state index contributed by atoms with van der Waals surface area (Å²) in [5.41, 5.74) is 2.34. The highest BCUT2D eigenvalue weighted by atomic mass is 35.5. The molecule has 0 aliphatic heterocycles. The van der Waals surface area contributed by atoms with Gasteiger partial charge in [-0.25, -0.2) is 0 Å². The molecule has 0 radical (unpaired) electrons. The summed E-state index contributed by atoms with van der Waals surface area (Å²) in [4.78, 5) is 12.2. The van der Waals surface area contributed by atoms with Gasteiger partial charge >= 0.3 is 0 Å². The number of nitrogens with one attached hydrogen (secondary N) is 1. The number of hydrogen-bond donors (Lipinski definition) is 2. The number of amides is 1. The summed E-state index contributed by atoms with van der Waals surface area (Å²) < 4.78 is 5.16. The summed E-state index contributed by atoms with van der Waals surface area (Å²) in [7, 11) is 0. The van der Waals surface area contributed by atoms with Crippen molar-refractivity contribution in [1.29, 1.82) is 0 Å². The number of aryl methyl sites for hydroxylation is 2.